The average Bonchev–Trinajstić information content (AvgIpc) is 3.25. The molecule has 0 N–H and O–H groups in total. The summed E-state index contributed by atoms with van der Waals surface area (Å²) >= 11 is 0. The van der Waals surface area contributed by atoms with Crippen molar-refractivity contribution in [1.82, 2.24) is 14.8 Å². The summed E-state index contributed by atoms with van der Waals surface area (Å²) in [5.41, 5.74) is 0. The van der Waals surface area contributed by atoms with Crippen molar-refractivity contribution in [3.05, 3.63) is 12.2 Å². The summed E-state index contributed by atoms with van der Waals surface area (Å²) in [4.78, 5) is 4.51. The second-order valence-corrected chi connectivity index (χ2v) is 11.7. The van der Waals surface area contributed by atoms with E-state index in [1.807, 2.05) is 31.8 Å². The average molecular weight is 484 g/mol. The van der Waals surface area contributed by atoms with Crippen molar-refractivity contribution in [1.29, 1.82) is 0 Å². The Labute approximate surface area is 205 Å². The summed E-state index contributed by atoms with van der Waals surface area (Å²) in [5.74, 6) is 1.01. The molecule has 6 nitrogen and oxygen atoms in total. The molecule has 0 saturated carbocycles. The molecular weight excluding hydrogens is 430 g/mol. The number of aromatic nitrogens is 3. The second kappa shape index (κ2) is 20.6. The van der Waals surface area contributed by atoms with E-state index in [-0.39, 0.29) is 0 Å². The smallest absolute Gasteiger partial charge is 0.374 e. The molecule has 1 aromatic heterocycles. The van der Waals surface area contributed by atoms with Crippen LogP contribution in [0.1, 0.15) is 123 Å². The zero-order chi connectivity index (χ0) is 24.0. The maximum atomic E-state index is 5.94. The van der Waals surface area contributed by atoms with Crippen LogP contribution in [0.4, 0.5) is 0 Å². The van der Waals surface area contributed by atoms with E-state index in [1.54, 1.807) is 0 Å². The summed E-state index contributed by atoms with van der Waals surface area (Å²) in [5, 5.41) is 4.67. The molecule has 0 spiro atoms. The van der Waals surface area contributed by atoms with E-state index >= 15 is 0 Å². The van der Waals surface area contributed by atoms with E-state index in [2.05, 4.69) is 17.0 Å². The molecule has 7 heteroatoms. The molecule has 194 valence electrons. The highest BCUT2D eigenvalue weighted by atomic mass is 28.4. The van der Waals surface area contributed by atoms with Crippen LogP contribution in [0.15, 0.2) is 6.33 Å². The largest absolute Gasteiger partial charge is 0.500 e. The summed E-state index contributed by atoms with van der Waals surface area (Å²) in [6, 6.07) is 0.912. The van der Waals surface area contributed by atoms with Gasteiger partial charge in [-0.05, 0) is 40.0 Å². The molecule has 0 bridgehead atoms. The molecule has 0 aliphatic carbocycles. The van der Waals surface area contributed by atoms with Gasteiger partial charge in [-0.15, -0.1) is 0 Å². The van der Waals surface area contributed by atoms with Crippen molar-refractivity contribution in [3.8, 4) is 0 Å². The number of hydrogen-bond acceptors (Lipinski definition) is 5. The van der Waals surface area contributed by atoms with E-state index in [1.165, 1.54) is 77.0 Å². The maximum absolute atomic E-state index is 5.94. The first-order valence-electron chi connectivity index (χ1n) is 14.0. The fourth-order valence-electron chi connectivity index (χ4n) is 4.30. The molecule has 0 atom stereocenters. The highest BCUT2D eigenvalue weighted by Crippen LogP contribution is 2.20. The van der Waals surface area contributed by atoms with Crippen molar-refractivity contribution in [3.63, 3.8) is 0 Å². The van der Waals surface area contributed by atoms with Crippen LogP contribution in [-0.4, -0.2) is 43.4 Å². The molecule has 0 amide bonds. The lowest BCUT2D eigenvalue weighted by Gasteiger charge is -2.28. The summed E-state index contributed by atoms with van der Waals surface area (Å²) in [7, 11) is -2.47. The SMILES string of the molecule is CCCCCCCCCCCCc1ncn(CCCCCC[Si](OCC)(OCC)OCC)n1. The van der Waals surface area contributed by atoms with Crippen LogP contribution < -0.4 is 0 Å². The Kier molecular flexibility index (Phi) is 18.9. The Morgan fingerprint density at radius 3 is 1.76 bits per heavy atom. The fourth-order valence-corrected chi connectivity index (χ4v) is 6.98. The maximum Gasteiger partial charge on any atom is 0.500 e. The molecule has 1 heterocycles. The molecule has 1 aromatic rings. The van der Waals surface area contributed by atoms with Crippen molar-refractivity contribution in [2.45, 2.75) is 137 Å². The van der Waals surface area contributed by atoms with Crippen molar-refractivity contribution < 1.29 is 13.3 Å². The lowest BCUT2D eigenvalue weighted by molar-refractivity contribution is 0.0706. The van der Waals surface area contributed by atoms with Crippen LogP contribution in [0.25, 0.3) is 0 Å². The minimum atomic E-state index is -2.47. The van der Waals surface area contributed by atoms with Crippen molar-refractivity contribution in [2.24, 2.45) is 0 Å². The Morgan fingerprint density at radius 1 is 0.667 bits per heavy atom. The van der Waals surface area contributed by atoms with Gasteiger partial charge in [-0.3, -0.25) is 4.68 Å². The molecule has 0 unspecified atom stereocenters. The van der Waals surface area contributed by atoms with Gasteiger partial charge in [-0.1, -0.05) is 77.6 Å². The summed E-state index contributed by atoms with van der Waals surface area (Å²) < 4.78 is 19.8. The first-order chi connectivity index (χ1) is 16.2. The Balaban J connectivity index is 2.08. The number of unbranched alkanes of at least 4 members (excludes halogenated alkanes) is 12. The highest BCUT2D eigenvalue weighted by Gasteiger charge is 2.39. The molecule has 0 aliphatic rings. The van der Waals surface area contributed by atoms with Crippen LogP contribution >= 0.6 is 0 Å². The quantitative estimate of drug-likeness (QED) is 0.114. The molecule has 0 radical (unpaired) electrons. The van der Waals surface area contributed by atoms with Gasteiger partial charge in [-0.25, -0.2) is 4.98 Å². The van der Waals surface area contributed by atoms with Crippen LogP contribution in [0.2, 0.25) is 6.04 Å². The minimum absolute atomic E-state index is 0.653. The van der Waals surface area contributed by atoms with Gasteiger partial charge in [-0.2, -0.15) is 5.10 Å². The monoisotopic (exact) mass is 483 g/mol. The highest BCUT2D eigenvalue weighted by molar-refractivity contribution is 6.60. The van der Waals surface area contributed by atoms with E-state index in [0.29, 0.717) is 19.8 Å². The third kappa shape index (κ3) is 15.0. The van der Waals surface area contributed by atoms with E-state index < -0.39 is 8.80 Å². The lowest BCUT2D eigenvalue weighted by atomic mass is 10.1. The van der Waals surface area contributed by atoms with Gasteiger partial charge in [0, 0.05) is 38.8 Å². The second-order valence-electron chi connectivity index (χ2n) is 9.00. The third-order valence-electron chi connectivity index (χ3n) is 6.05. The number of aryl methyl sites for hydroxylation is 2. The summed E-state index contributed by atoms with van der Waals surface area (Å²) in [6.45, 7) is 11.2. The van der Waals surface area contributed by atoms with E-state index in [9.17, 15) is 0 Å². The number of rotatable bonds is 24. The molecule has 0 saturated heterocycles. The van der Waals surface area contributed by atoms with Crippen LogP contribution in [-0.2, 0) is 26.2 Å². The van der Waals surface area contributed by atoms with Gasteiger partial charge in [0.1, 0.15) is 6.33 Å². The van der Waals surface area contributed by atoms with E-state index in [4.69, 9.17) is 13.3 Å². The number of nitrogens with zero attached hydrogens (tertiary/aromatic N) is 3. The van der Waals surface area contributed by atoms with Gasteiger partial charge >= 0.3 is 8.80 Å². The molecule has 0 aromatic carbocycles. The standard InChI is InChI=1S/C26H53N3O3Si/c1-5-9-10-11-12-13-14-15-16-19-22-26-27-25-29(28-26)23-20-17-18-21-24-33(30-6-2,31-7-3)32-8-4/h25H,5-24H2,1-4H3. The minimum Gasteiger partial charge on any atom is -0.374 e. The molecule has 0 aliphatic heterocycles. The number of hydrogen-bond donors (Lipinski definition) is 0. The lowest BCUT2D eigenvalue weighted by Crippen LogP contribution is -2.45. The van der Waals surface area contributed by atoms with Gasteiger partial charge in [0.2, 0.25) is 0 Å². The topological polar surface area (TPSA) is 58.4 Å². The first-order valence-corrected chi connectivity index (χ1v) is 15.9. The van der Waals surface area contributed by atoms with Gasteiger partial charge < -0.3 is 13.3 Å². The Hall–Kier alpha value is -0.763. The first kappa shape index (κ1) is 30.3. The van der Waals surface area contributed by atoms with Crippen LogP contribution in [0, 0.1) is 0 Å². The summed E-state index contributed by atoms with van der Waals surface area (Å²) in [6.07, 6.45) is 21.2. The third-order valence-corrected chi connectivity index (χ3v) is 9.20. The van der Waals surface area contributed by atoms with Gasteiger partial charge in [0.25, 0.3) is 0 Å². The van der Waals surface area contributed by atoms with Crippen molar-refractivity contribution >= 4 is 8.80 Å². The van der Waals surface area contributed by atoms with Crippen LogP contribution in [0.3, 0.4) is 0 Å². The van der Waals surface area contributed by atoms with E-state index in [0.717, 1.165) is 37.7 Å². The fraction of sp³-hybridized carbons (Fsp3) is 0.923. The molecule has 0 fully saturated rings. The zero-order valence-corrected chi connectivity index (χ0v) is 23.3. The molecular formula is C26H53N3O3Si. The Morgan fingerprint density at radius 2 is 1.18 bits per heavy atom. The van der Waals surface area contributed by atoms with Crippen molar-refractivity contribution in [2.75, 3.05) is 19.8 Å². The predicted molar refractivity (Wildman–Crippen MR) is 139 cm³/mol. The Bertz CT molecular complexity index is 540. The normalized spacial score (nSPS) is 12.0. The predicted octanol–water partition coefficient (Wildman–Crippen LogP) is 7.35. The van der Waals surface area contributed by atoms with Gasteiger partial charge in [0.15, 0.2) is 5.82 Å². The van der Waals surface area contributed by atoms with Gasteiger partial charge in [0.05, 0.1) is 0 Å². The zero-order valence-electron chi connectivity index (χ0n) is 22.3. The van der Waals surface area contributed by atoms with Crippen LogP contribution in [0.5, 0.6) is 0 Å². The molecule has 33 heavy (non-hydrogen) atoms. The molecule has 1 rings (SSSR count).